The van der Waals surface area contributed by atoms with Gasteiger partial charge in [-0.2, -0.15) is 0 Å². The number of anilines is 3. The van der Waals surface area contributed by atoms with Gasteiger partial charge in [-0.05, 0) is 54.4 Å². The maximum absolute atomic E-state index is 12.7. The van der Waals surface area contributed by atoms with Crippen molar-refractivity contribution in [1.82, 2.24) is 19.4 Å². The van der Waals surface area contributed by atoms with Crippen molar-refractivity contribution in [2.24, 2.45) is 5.92 Å². The second-order valence-electron chi connectivity index (χ2n) is 9.06. The summed E-state index contributed by atoms with van der Waals surface area (Å²) in [7, 11) is 0. The first-order valence-electron chi connectivity index (χ1n) is 11.4. The Kier molecular flexibility index (Phi) is 5.10. The highest BCUT2D eigenvalue weighted by Crippen LogP contribution is 2.50. The molecule has 2 aliphatic rings. The smallest absolute Gasteiger partial charge is 0.229 e. The first kappa shape index (κ1) is 20.9. The van der Waals surface area contributed by atoms with E-state index >= 15 is 0 Å². The zero-order chi connectivity index (χ0) is 23.2. The summed E-state index contributed by atoms with van der Waals surface area (Å²) >= 11 is 6.12. The van der Waals surface area contributed by atoms with E-state index in [4.69, 9.17) is 17.3 Å². The Labute approximate surface area is 201 Å². The minimum absolute atomic E-state index is 0.0774. The van der Waals surface area contributed by atoms with Crippen molar-refractivity contribution in [1.29, 1.82) is 0 Å². The van der Waals surface area contributed by atoms with Gasteiger partial charge in [-0.15, -0.1) is 0 Å². The summed E-state index contributed by atoms with van der Waals surface area (Å²) in [5, 5.41) is 6.68. The van der Waals surface area contributed by atoms with E-state index in [1.54, 1.807) is 12.1 Å². The summed E-state index contributed by atoms with van der Waals surface area (Å²) in [4.78, 5) is 25.9. The van der Waals surface area contributed by atoms with Crippen molar-refractivity contribution >= 4 is 40.5 Å². The lowest BCUT2D eigenvalue weighted by molar-refractivity contribution is -0.117. The molecule has 6 rings (SSSR count). The van der Waals surface area contributed by atoms with Crippen LogP contribution in [0.15, 0.2) is 55.1 Å². The SMILES string of the molecule is Nc1c(Cl)cccc1[C@H]1C[C@@H]1C(=O)Nc1cc(NCc2cn3cc(C4CC4)ccc3n2)ncn1. The molecule has 0 saturated heterocycles. The number of aromatic nitrogens is 4. The van der Waals surface area contributed by atoms with E-state index in [9.17, 15) is 4.79 Å². The van der Waals surface area contributed by atoms with Gasteiger partial charge in [0.15, 0.2) is 0 Å². The topological polar surface area (TPSA) is 110 Å². The van der Waals surface area contributed by atoms with Crippen LogP contribution in [0.1, 0.15) is 47.9 Å². The number of nitrogens with zero attached hydrogens (tertiary/aromatic N) is 4. The van der Waals surface area contributed by atoms with Crippen molar-refractivity contribution in [3.8, 4) is 0 Å². The van der Waals surface area contributed by atoms with E-state index in [0.29, 0.717) is 34.8 Å². The standard InChI is InChI=1S/C25H24ClN7O/c26-20-3-1-2-17(24(20)27)18-8-19(18)25(34)32-22-9-21(29-13-30-22)28-10-16-12-33-11-15(14-4-5-14)6-7-23(33)31-16/h1-3,6-7,9,11-14,18-19H,4-5,8,10,27H2,(H2,28,29,30,32,34)/t18-,19+/m1/s1. The van der Waals surface area contributed by atoms with Crippen molar-refractivity contribution < 1.29 is 4.79 Å². The molecule has 8 nitrogen and oxygen atoms in total. The number of pyridine rings is 1. The molecule has 2 aliphatic carbocycles. The van der Waals surface area contributed by atoms with Crippen LogP contribution in [-0.4, -0.2) is 25.3 Å². The van der Waals surface area contributed by atoms with Crippen LogP contribution in [0.5, 0.6) is 0 Å². The highest BCUT2D eigenvalue weighted by Gasteiger charge is 2.45. The fraction of sp³-hybridized carbons (Fsp3) is 0.280. The third kappa shape index (κ3) is 4.17. The molecule has 1 amide bonds. The minimum Gasteiger partial charge on any atom is -0.397 e. The van der Waals surface area contributed by atoms with Gasteiger partial charge in [0.1, 0.15) is 23.6 Å². The lowest BCUT2D eigenvalue weighted by Crippen LogP contribution is -2.16. The lowest BCUT2D eigenvalue weighted by Gasteiger charge is -2.08. The van der Waals surface area contributed by atoms with Crippen LogP contribution in [0.3, 0.4) is 0 Å². The fourth-order valence-corrected chi connectivity index (χ4v) is 4.61. The van der Waals surface area contributed by atoms with E-state index < -0.39 is 0 Å². The molecule has 3 heterocycles. The number of hydrogen-bond acceptors (Lipinski definition) is 6. The highest BCUT2D eigenvalue weighted by molar-refractivity contribution is 6.33. The normalized spacial score (nSPS) is 19.2. The molecule has 0 radical (unpaired) electrons. The fourth-order valence-electron chi connectivity index (χ4n) is 4.43. The molecule has 2 atom stereocenters. The van der Waals surface area contributed by atoms with Gasteiger partial charge in [0.25, 0.3) is 0 Å². The number of benzene rings is 1. The second kappa shape index (κ2) is 8.29. The molecule has 9 heteroatoms. The number of fused-ring (bicyclic) bond motifs is 1. The van der Waals surface area contributed by atoms with E-state index in [-0.39, 0.29) is 17.7 Å². The Morgan fingerprint density at radius 3 is 2.85 bits per heavy atom. The van der Waals surface area contributed by atoms with Crippen LogP contribution < -0.4 is 16.4 Å². The molecule has 1 aromatic carbocycles. The Hall–Kier alpha value is -3.65. The molecule has 0 spiro atoms. The summed E-state index contributed by atoms with van der Waals surface area (Å²) in [6.45, 7) is 0.517. The quantitative estimate of drug-likeness (QED) is 0.338. The monoisotopic (exact) mass is 473 g/mol. The third-order valence-corrected chi connectivity index (χ3v) is 6.88. The van der Waals surface area contributed by atoms with Crippen molar-refractivity contribution in [3.05, 3.63) is 77.0 Å². The molecule has 2 saturated carbocycles. The van der Waals surface area contributed by atoms with Gasteiger partial charge in [0, 0.05) is 24.4 Å². The number of para-hydroxylation sites is 1. The zero-order valence-corrected chi connectivity index (χ0v) is 19.2. The number of carbonyl (C=O) groups excluding carboxylic acids is 1. The molecule has 0 unspecified atom stereocenters. The summed E-state index contributed by atoms with van der Waals surface area (Å²) in [6, 6.07) is 11.5. The number of nitrogen functional groups attached to an aromatic ring is 1. The van der Waals surface area contributed by atoms with Crippen LogP contribution in [0.4, 0.5) is 17.3 Å². The minimum atomic E-state index is -0.148. The van der Waals surface area contributed by atoms with Gasteiger partial charge < -0.3 is 20.8 Å². The van der Waals surface area contributed by atoms with E-state index in [1.165, 1.54) is 24.7 Å². The van der Waals surface area contributed by atoms with Gasteiger partial charge in [0.2, 0.25) is 5.91 Å². The number of halogens is 1. The van der Waals surface area contributed by atoms with Gasteiger partial charge in [-0.1, -0.05) is 29.8 Å². The molecular weight excluding hydrogens is 450 g/mol. The number of hydrogen-bond donors (Lipinski definition) is 3. The molecule has 2 fully saturated rings. The number of amides is 1. The summed E-state index contributed by atoms with van der Waals surface area (Å²) < 4.78 is 2.08. The highest BCUT2D eigenvalue weighted by atomic mass is 35.5. The Balaban J connectivity index is 1.08. The number of nitrogens with one attached hydrogen (secondary N) is 2. The average molecular weight is 474 g/mol. The van der Waals surface area contributed by atoms with Gasteiger partial charge in [-0.3, -0.25) is 4.79 Å². The molecule has 3 aromatic heterocycles. The predicted octanol–water partition coefficient (Wildman–Crippen LogP) is 4.59. The molecule has 0 bridgehead atoms. The lowest BCUT2D eigenvalue weighted by atomic mass is 10.1. The van der Waals surface area contributed by atoms with E-state index in [1.807, 2.05) is 18.3 Å². The number of carbonyl (C=O) groups is 1. The number of rotatable bonds is 7. The molecule has 0 aliphatic heterocycles. The summed E-state index contributed by atoms with van der Waals surface area (Å²) in [6.07, 6.45) is 8.93. The Morgan fingerprint density at radius 1 is 1.15 bits per heavy atom. The van der Waals surface area contributed by atoms with Crippen molar-refractivity contribution in [2.45, 2.75) is 37.6 Å². The van der Waals surface area contributed by atoms with Gasteiger partial charge in [0.05, 0.1) is 22.9 Å². The second-order valence-corrected chi connectivity index (χ2v) is 9.46. The molecular formula is C25H24ClN7O. The van der Waals surface area contributed by atoms with Crippen LogP contribution in [0.2, 0.25) is 5.02 Å². The average Bonchev–Trinajstić information content (AvgIpc) is 3.76. The van der Waals surface area contributed by atoms with Gasteiger partial charge in [-0.25, -0.2) is 15.0 Å². The van der Waals surface area contributed by atoms with Crippen LogP contribution in [-0.2, 0) is 11.3 Å². The molecule has 4 N–H and O–H groups in total. The molecule has 172 valence electrons. The number of nitrogens with two attached hydrogens (primary N) is 1. The zero-order valence-electron chi connectivity index (χ0n) is 18.4. The number of imidazole rings is 1. The van der Waals surface area contributed by atoms with Crippen LogP contribution >= 0.6 is 11.6 Å². The molecule has 34 heavy (non-hydrogen) atoms. The maximum Gasteiger partial charge on any atom is 0.229 e. The first-order valence-corrected chi connectivity index (χ1v) is 11.8. The maximum atomic E-state index is 12.7. The van der Waals surface area contributed by atoms with Crippen LogP contribution in [0.25, 0.3) is 5.65 Å². The van der Waals surface area contributed by atoms with E-state index in [2.05, 4.69) is 48.3 Å². The van der Waals surface area contributed by atoms with Gasteiger partial charge >= 0.3 is 0 Å². The third-order valence-electron chi connectivity index (χ3n) is 6.55. The van der Waals surface area contributed by atoms with Crippen LogP contribution in [0, 0.1) is 5.92 Å². The van der Waals surface area contributed by atoms with Crippen molar-refractivity contribution in [2.75, 3.05) is 16.4 Å². The summed E-state index contributed by atoms with van der Waals surface area (Å²) in [5.41, 5.74) is 10.8. The summed E-state index contributed by atoms with van der Waals surface area (Å²) in [5.74, 6) is 1.63. The van der Waals surface area contributed by atoms with Crippen molar-refractivity contribution in [3.63, 3.8) is 0 Å². The van der Waals surface area contributed by atoms with E-state index in [0.717, 1.165) is 23.3 Å². The molecule has 4 aromatic rings. The largest absolute Gasteiger partial charge is 0.397 e. The predicted molar refractivity (Wildman–Crippen MR) is 132 cm³/mol. The Morgan fingerprint density at radius 2 is 2.00 bits per heavy atom. The Bertz CT molecular complexity index is 1400. The first-order chi connectivity index (χ1) is 16.5.